The third kappa shape index (κ3) is 5.62. The number of halogens is 2. The topological polar surface area (TPSA) is 84.0 Å². The molecule has 0 saturated carbocycles. The molecule has 0 saturated heterocycles. The predicted molar refractivity (Wildman–Crippen MR) is 153 cm³/mol. The Labute approximate surface area is 231 Å². The number of hydrogen-bond acceptors (Lipinski definition) is 6. The number of hydrogen-bond donors (Lipinski definition) is 2. The molecule has 2 heterocycles. The summed E-state index contributed by atoms with van der Waals surface area (Å²) < 4.78 is 1.96. The average molecular weight is 640 g/mol. The normalized spacial score (nSPS) is 10.7. The molecule has 0 radical (unpaired) electrons. The van der Waals surface area contributed by atoms with Crippen LogP contribution in [0.4, 0.5) is 10.3 Å². The van der Waals surface area contributed by atoms with Gasteiger partial charge in [-0.2, -0.15) is 0 Å². The number of aromatic nitrogens is 2. The molecule has 5 rings (SSSR count). The average Bonchev–Trinajstić information content (AvgIpc) is 3.55. The fraction of sp³-hybridized carbons (Fsp3) is 0. The van der Waals surface area contributed by atoms with Gasteiger partial charge < -0.3 is 0 Å². The minimum Gasteiger partial charge on any atom is -0.298 e. The lowest BCUT2D eigenvalue weighted by atomic mass is 10.1. The maximum Gasteiger partial charge on any atom is 0.258 e. The van der Waals surface area contributed by atoms with Crippen molar-refractivity contribution >= 4 is 76.6 Å². The van der Waals surface area contributed by atoms with Gasteiger partial charge in [0.15, 0.2) is 10.3 Å². The van der Waals surface area contributed by atoms with Crippen molar-refractivity contribution in [3.05, 3.63) is 104 Å². The van der Waals surface area contributed by atoms with Gasteiger partial charge in [0.2, 0.25) is 0 Å². The standard InChI is InChI=1S/C26H16Br2N4O2S2/c27-17-9-5-15(6-10-17)21-13-35-25(29-21)31-23(33)19-3-1-2-4-20(19)24(34)32-26-30-22(14-36-26)16-7-11-18(28)12-8-16/h1-14H,(H,29,31,33)(H,30,32,34). The number of benzene rings is 3. The van der Waals surface area contributed by atoms with Crippen LogP contribution in [0.3, 0.4) is 0 Å². The fourth-order valence-corrected chi connectivity index (χ4v) is 5.33. The van der Waals surface area contributed by atoms with Crippen molar-refractivity contribution in [3.63, 3.8) is 0 Å². The monoisotopic (exact) mass is 638 g/mol. The molecule has 6 nitrogen and oxygen atoms in total. The molecule has 0 atom stereocenters. The highest BCUT2D eigenvalue weighted by atomic mass is 79.9. The van der Waals surface area contributed by atoms with E-state index in [0.717, 1.165) is 31.5 Å². The number of nitrogens with zero attached hydrogens (tertiary/aromatic N) is 2. The summed E-state index contributed by atoms with van der Waals surface area (Å²) in [4.78, 5) is 35.1. The fourth-order valence-electron chi connectivity index (χ4n) is 3.38. The van der Waals surface area contributed by atoms with Crippen molar-refractivity contribution < 1.29 is 9.59 Å². The lowest BCUT2D eigenvalue weighted by molar-refractivity contribution is 0.0990. The summed E-state index contributed by atoms with van der Waals surface area (Å²) in [5.74, 6) is -0.820. The number of anilines is 2. The van der Waals surface area contributed by atoms with Crippen molar-refractivity contribution in [3.8, 4) is 22.5 Å². The molecule has 0 aliphatic carbocycles. The number of nitrogens with one attached hydrogen (secondary N) is 2. The highest BCUT2D eigenvalue weighted by Gasteiger charge is 2.19. The first-order chi connectivity index (χ1) is 17.5. The van der Waals surface area contributed by atoms with Crippen LogP contribution in [0.2, 0.25) is 0 Å². The SMILES string of the molecule is O=C(Nc1nc(-c2ccc(Br)cc2)cs1)c1ccccc1C(=O)Nc1nc(-c2ccc(Br)cc2)cs1. The van der Waals surface area contributed by atoms with E-state index in [2.05, 4.69) is 52.5 Å². The Balaban J connectivity index is 1.30. The van der Waals surface area contributed by atoms with Crippen molar-refractivity contribution in [2.45, 2.75) is 0 Å². The van der Waals surface area contributed by atoms with Crippen LogP contribution in [-0.2, 0) is 0 Å². The Morgan fingerprint density at radius 1 is 0.611 bits per heavy atom. The molecule has 10 heteroatoms. The highest BCUT2D eigenvalue weighted by Crippen LogP contribution is 2.28. The van der Waals surface area contributed by atoms with Crippen LogP contribution in [0.5, 0.6) is 0 Å². The highest BCUT2D eigenvalue weighted by molar-refractivity contribution is 9.10. The predicted octanol–water partition coefficient (Wildman–Crippen LogP) is 7.96. The first-order valence-corrected chi connectivity index (χ1v) is 14.0. The summed E-state index contributed by atoms with van der Waals surface area (Å²) in [5.41, 5.74) is 3.92. The Morgan fingerprint density at radius 3 is 1.39 bits per heavy atom. The number of carbonyl (C=O) groups is 2. The third-order valence-corrected chi connectivity index (χ3v) is 7.72. The maximum absolute atomic E-state index is 13.1. The van der Waals surface area contributed by atoms with E-state index in [9.17, 15) is 9.59 Å². The van der Waals surface area contributed by atoms with Gasteiger partial charge in [-0.15, -0.1) is 22.7 Å². The summed E-state index contributed by atoms with van der Waals surface area (Å²) in [5, 5.41) is 10.3. The molecule has 0 unspecified atom stereocenters. The summed E-state index contributed by atoms with van der Waals surface area (Å²) in [6.45, 7) is 0. The van der Waals surface area contributed by atoms with E-state index < -0.39 is 11.8 Å². The largest absolute Gasteiger partial charge is 0.298 e. The number of carbonyl (C=O) groups excluding carboxylic acids is 2. The van der Waals surface area contributed by atoms with Gasteiger partial charge in [-0.05, 0) is 36.4 Å². The number of amides is 2. The minimum atomic E-state index is -0.410. The third-order valence-electron chi connectivity index (χ3n) is 5.15. The second-order valence-corrected chi connectivity index (χ2v) is 11.1. The Kier molecular flexibility index (Phi) is 7.38. The molecular weight excluding hydrogens is 624 g/mol. The summed E-state index contributed by atoms with van der Waals surface area (Å²) in [6.07, 6.45) is 0. The molecule has 36 heavy (non-hydrogen) atoms. The van der Waals surface area contributed by atoms with Crippen molar-refractivity contribution in [2.24, 2.45) is 0 Å². The molecule has 3 aromatic carbocycles. The molecule has 178 valence electrons. The molecule has 2 aromatic heterocycles. The van der Waals surface area contributed by atoms with E-state index in [0.29, 0.717) is 10.3 Å². The molecule has 0 fully saturated rings. The van der Waals surface area contributed by atoms with Crippen LogP contribution in [-0.4, -0.2) is 21.8 Å². The van der Waals surface area contributed by atoms with Crippen molar-refractivity contribution in [1.29, 1.82) is 0 Å². The van der Waals surface area contributed by atoms with E-state index in [-0.39, 0.29) is 11.1 Å². The lowest BCUT2D eigenvalue weighted by Crippen LogP contribution is -2.20. The molecule has 2 amide bonds. The van der Waals surface area contributed by atoms with Gasteiger partial charge in [-0.25, -0.2) is 9.97 Å². The van der Waals surface area contributed by atoms with Gasteiger partial charge in [0, 0.05) is 30.8 Å². The smallest absolute Gasteiger partial charge is 0.258 e. The lowest BCUT2D eigenvalue weighted by Gasteiger charge is -2.08. The Hall–Kier alpha value is -3.18. The van der Waals surface area contributed by atoms with Crippen LogP contribution in [0.15, 0.2) is 92.5 Å². The van der Waals surface area contributed by atoms with Crippen molar-refractivity contribution in [1.82, 2.24) is 9.97 Å². The summed E-state index contributed by atoms with van der Waals surface area (Å²) in [7, 11) is 0. The van der Waals surface area contributed by atoms with Crippen LogP contribution in [0.25, 0.3) is 22.5 Å². The summed E-state index contributed by atoms with van der Waals surface area (Å²) >= 11 is 9.49. The maximum atomic E-state index is 13.1. The Bertz CT molecular complexity index is 1430. The molecule has 5 aromatic rings. The molecule has 0 spiro atoms. The molecule has 0 aliphatic rings. The number of thiazole rings is 2. The van der Waals surface area contributed by atoms with Gasteiger partial charge in [-0.1, -0.05) is 68.3 Å². The van der Waals surface area contributed by atoms with Gasteiger partial charge in [-0.3, -0.25) is 20.2 Å². The quantitative estimate of drug-likeness (QED) is 0.197. The van der Waals surface area contributed by atoms with Crippen LogP contribution >= 0.6 is 54.5 Å². The second kappa shape index (κ2) is 10.8. The van der Waals surface area contributed by atoms with Crippen molar-refractivity contribution in [2.75, 3.05) is 10.6 Å². The van der Waals surface area contributed by atoms with E-state index in [1.807, 2.05) is 59.3 Å². The Morgan fingerprint density at radius 2 is 1.00 bits per heavy atom. The zero-order valence-electron chi connectivity index (χ0n) is 18.4. The van der Waals surface area contributed by atoms with Gasteiger partial charge >= 0.3 is 0 Å². The van der Waals surface area contributed by atoms with Crippen LogP contribution in [0, 0.1) is 0 Å². The number of rotatable bonds is 6. The minimum absolute atomic E-state index is 0.250. The molecule has 0 aliphatic heterocycles. The van der Waals surface area contributed by atoms with Gasteiger partial charge in [0.05, 0.1) is 22.5 Å². The zero-order chi connectivity index (χ0) is 25.1. The van der Waals surface area contributed by atoms with E-state index >= 15 is 0 Å². The van der Waals surface area contributed by atoms with E-state index in [4.69, 9.17) is 0 Å². The second-order valence-electron chi connectivity index (χ2n) is 7.54. The zero-order valence-corrected chi connectivity index (χ0v) is 23.2. The molecule has 2 N–H and O–H groups in total. The van der Waals surface area contributed by atoms with Gasteiger partial charge in [0.25, 0.3) is 11.8 Å². The summed E-state index contributed by atoms with van der Waals surface area (Å²) in [6, 6.07) is 22.2. The molecule has 0 bridgehead atoms. The first-order valence-electron chi connectivity index (χ1n) is 10.6. The van der Waals surface area contributed by atoms with E-state index in [1.165, 1.54) is 22.7 Å². The van der Waals surface area contributed by atoms with E-state index in [1.54, 1.807) is 24.3 Å². The first kappa shape index (κ1) is 24.5. The van der Waals surface area contributed by atoms with Crippen LogP contribution in [0.1, 0.15) is 20.7 Å². The van der Waals surface area contributed by atoms with Gasteiger partial charge in [0.1, 0.15) is 0 Å². The molecular formula is C26H16Br2N4O2S2. The van der Waals surface area contributed by atoms with Crippen LogP contribution < -0.4 is 10.6 Å².